The van der Waals surface area contributed by atoms with Gasteiger partial charge in [0.2, 0.25) is 0 Å². The molecule has 1 saturated carbocycles. The summed E-state index contributed by atoms with van der Waals surface area (Å²) in [6.45, 7) is 2.59. The van der Waals surface area contributed by atoms with Crippen molar-refractivity contribution >= 4 is 23.3 Å². The van der Waals surface area contributed by atoms with Crippen LogP contribution in [0.4, 0.5) is 4.79 Å². The molecule has 7 heteroatoms. The maximum Gasteiger partial charge on any atom is 0.317 e. The normalized spacial score (nSPS) is 21.4. The first-order valence-corrected chi connectivity index (χ1v) is 8.49. The van der Waals surface area contributed by atoms with Gasteiger partial charge in [0.1, 0.15) is 5.01 Å². The van der Waals surface area contributed by atoms with E-state index >= 15 is 0 Å². The molecule has 2 N–H and O–H groups in total. The molecule has 0 radical (unpaired) electrons. The Morgan fingerprint density at radius 2 is 2.09 bits per heavy atom. The van der Waals surface area contributed by atoms with Gasteiger partial charge in [0.25, 0.3) is 0 Å². The first-order chi connectivity index (χ1) is 10.5. The Balaban J connectivity index is 1.78. The van der Waals surface area contributed by atoms with E-state index in [0.29, 0.717) is 19.4 Å². The molecule has 2 amide bonds. The number of hydrogen-bond donors (Lipinski definition) is 2. The number of nitrogens with one attached hydrogen (secondary N) is 1. The number of carboxylic acid groups (broad SMARTS) is 1. The third kappa shape index (κ3) is 4.43. The van der Waals surface area contributed by atoms with E-state index in [1.54, 1.807) is 23.3 Å². The number of hydrogen-bond acceptors (Lipinski definition) is 4. The van der Waals surface area contributed by atoms with Crippen LogP contribution in [-0.2, 0) is 17.8 Å². The quantitative estimate of drug-likeness (QED) is 0.871. The zero-order valence-corrected chi connectivity index (χ0v) is 13.9. The molecule has 0 unspecified atom stereocenters. The predicted octanol–water partition coefficient (Wildman–Crippen LogP) is 2.49. The first kappa shape index (κ1) is 16.7. The molecular formula is C15H23N3O3S. The Morgan fingerprint density at radius 3 is 2.64 bits per heavy atom. The Hall–Kier alpha value is -1.63. The van der Waals surface area contributed by atoms with E-state index in [9.17, 15) is 9.59 Å². The van der Waals surface area contributed by atoms with Crippen LogP contribution in [0, 0.1) is 5.92 Å². The lowest BCUT2D eigenvalue weighted by molar-refractivity contribution is -0.142. The minimum absolute atomic E-state index is 0.0769. The summed E-state index contributed by atoms with van der Waals surface area (Å²) in [6, 6.07) is -0.0416. The molecule has 0 aliphatic heterocycles. The average molecular weight is 325 g/mol. The van der Waals surface area contributed by atoms with Gasteiger partial charge < -0.3 is 15.3 Å². The lowest BCUT2D eigenvalue weighted by Crippen LogP contribution is -2.44. The first-order valence-electron chi connectivity index (χ1n) is 7.67. The number of carboxylic acids is 1. The van der Waals surface area contributed by atoms with Gasteiger partial charge in [0, 0.05) is 24.2 Å². The number of aliphatic carboxylic acids is 1. The standard InChI is InChI=1S/C15H23N3O3S/c1-3-12-8-16-13(22-12)9-18(2)15(21)17-11-6-4-10(5-7-11)14(19)20/h8,10-11H,3-7,9H2,1-2H3,(H,17,21)(H,19,20). The number of aromatic nitrogens is 1. The molecule has 1 aliphatic rings. The second-order valence-corrected chi connectivity index (χ2v) is 6.97. The minimum atomic E-state index is -0.725. The van der Waals surface area contributed by atoms with Crippen molar-refractivity contribution in [2.24, 2.45) is 5.92 Å². The van der Waals surface area contributed by atoms with Gasteiger partial charge in [-0.3, -0.25) is 4.79 Å². The Labute approximate surface area is 134 Å². The molecule has 1 heterocycles. The van der Waals surface area contributed by atoms with Crippen LogP contribution < -0.4 is 5.32 Å². The topological polar surface area (TPSA) is 82.5 Å². The van der Waals surface area contributed by atoms with E-state index in [2.05, 4.69) is 17.2 Å². The van der Waals surface area contributed by atoms with Gasteiger partial charge in [-0.1, -0.05) is 6.92 Å². The largest absolute Gasteiger partial charge is 0.481 e. The SMILES string of the molecule is CCc1cnc(CN(C)C(=O)NC2CCC(C(=O)O)CC2)s1. The molecule has 0 bridgehead atoms. The summed E-state index contributed by atoms with van der Waals surface area (Å²) < 4.78 is 0. The van der Waals surface area contributed by atoms with E-state index in [0.717, 1.165) is 24.3 Å². The van der Waals surface area contributed by atoms with Crippen LogP contribution in [0.25, 0.3) is 0 Å². The van der Waals surface area contributed by atoms with Crippen molar-refractivity contribution in [3.63, 3.8) is 0 Å². The molecule has 1 aliphatic carbocycles. The third-order valence-corrected chi connectivity index (χ3v) is 5.20. The molecule has 0 atom stereocenters. The number of aryl methyl sites for hydroxylation is 1. The molecule has 0 aromatic carbocycles. The number of rotatable bonds is 5. The Bertz CT molecular complexity index is 524. The summed E-state index contributed by atoms with van der Waals surface area (Å²) >= 11 is 1.63. The lowest BCUT2D eigenvalue weighted by Gasteiger charge is -2.28. The molecule has 6 nitrogen and oxygen atoms in total. The number of amides is 2. The second-order valence-electron chi connectivity index (χ2n) is 5.77. The average Bonchev–Trinajstić information content (AvgIpc) is 2.95. The number of urea groups is 1. The van der Waals surface area contributed by atoms with Crippen molar-refractivity contribution in [1.82, 2.24) is 15.2 Å². The van der Waals surface area contributed by atoms with E-state index in [1.807, 2.05) is 6.20 Å². The van der Waals surface area contributed by atoms with E-state index < -0.39 is 5.97 Å². The zero-order valence-electron chi connectivity index (χ0n) is 13.0. The summed E-state index contributed by atoms with van der Waals surface area (Å²) in [4.78, 5) is 30.3. The number of nitrogens with zero attached hydrogens (tertiary/aromatic N) is 2. The van der Waals surface area contributed by atoms with Gasteiger partial charge >= 0.3 is 12.0 Å². The van der Waals surface area contributed by atoms with Gasteiger partial charge in [-0.2, -0.15) is 0 Å². The fourth-order valence-corrected chi connectivity index (χ4v) is 3.54. The van der Waals surface area contributed by atoms with Crippen molar-refractivity contribution in [3.8, 4) is 0 Å². The molecule has 2 rings (SSSR count). The predicted molar refractivity (Wildman–Crippen MR) is 84.9 cm³/mol. The fourth-order valence-electron chi connectivity index (χ4n) is 2.63. The molecule has 1 aromatic heterocycles. The highest BCUT2D eigenvalue weighted by molar-refractivity contribution is 7.11. The van der Waals surface area contributed by atoms with Crippen LogP contribution in [-0.4, -0.2) is 40.1 Å². The minimum Gasteiger partial charge on any atom is -0.481 e. The van der Waals surface area contributed by atoms with Gasteiger partial charge in [-0.05, 0) is 32.1 Å². The molecule has 0 saturated heterocycles. The molecule has 122 valence electrons. The maximum absolute atomic E-state index is 12.2. The van der Waals surface area contributed by atoms with Crippen LogP contribution in [0.1, 0.15) is 42.5 Å². The van der Waals surface area contributed by atoms with Gasteiger partial charge in [0.15, 0.2) is 0 Å². The highest BCUT2D eigenvalue weighted by atomic mass is 32.1. The van der Waals surface area contributed by atoms with Gasteiger partial charge in [-0.25, -0.2) is 9.78 Å². The Kier molecular flexibility index (Phi) is 5.76. The fraction of sp³-hybridized carbons (Fsp3) is 0.667. The van der Waals surface area contributed by atoms with Crippen LogP contribution in [0.5, 0.6) is 0 Å². The maximum atomic E-state index is 12.2. The Morgan fingerprint density at radius 1 is 1.41 bits per heavy atom. The van der Waals surface area contributed by atoms with Crippen molar-refractivity contribution in [1.29, 1.82) is 0 Å². The molecule has 1 aromatic rings. The molecule has 22 heavy (non-hydrogen) atoms. The molecular weight excluding hydrogens is 302 g/mol. The molecule has 1 fully saturated rings. The summed E-state index contributed by atoms with van der Waals surface area (Å²) in [5.74, 6) is -0.981. The summed E-state index contributed by atoms with van der Waals surface area (Å²) in [5.41, 5.74) is 0. The summed E-state index contributed by atoms with van der Waals surface area (Å²) in [6.07, 6.45) is 5.55. The van der Waals surface area contributed by atoms with Crippen molar-refractivity contribution in [2.45, 2.75) is 51.6 Å². The number of thiazole rings is 1. The summed E-state index contributed by atoms with van der Waals surface area (Å²) in [5, 5.41) is 12.9. The van der Waals surface area contributed by atoms with Crippen LogP contribution in [0.15, 0.2) is 6.20 Å². The number of carbonyl (C=O) groups is 2. The van der Waals surface area contributed by atoms with Crippen LogP contribution >= 0.6 is 11.3 Å². The monoisotopic (exact) mass is 325 g/mol. The smallest absolute Gasteiger partial charge is 0.317 e. The van der Waals surface area contributed by atoms with E-state index in [1.165, 1.54) is 4.88 Å². The van der Waals surface area contributed by atoms with Gasteiger partial charge in [-0.15, -0.1) is 11.3 Å². The van der Waals surface area contributed by atoms with E-state index in [-0.39, 0.29) is 18.0 Å². The van der Waals surface area contributed by atoms with Crippen molar-refractivity contribution < 1.29 is 14.7 Å². The summed E-state index contributed by atoms with van der Waals surface area (Å²) in [7, 11) is 1.76. The highest BCUT2D eigenvalue weighted by Gasteiger charge is 2.27. The number of carbonyl (C=O) groups excluding carboxylic acids is 1. The zero-order chi connectivity index (χ0) is 16.1. The highest BCUT2D eigenvalue weighted by Crippen LogP contribution is 2.24. The van der Waals surface area contributed by atoms with E-state index in [4.69, 9.17) is 5.11 Å². The van der Waals surface area contributed by atoms with Gasteiger partial charge in [0.05, 0.1) is 12.5 Å². The second kappa shape index (κ2) is 7.58. The third-order valence-electron chi connectivity index (χ3n) is 4.07. The van der Waals surface area contributed by atoms with Crippen molar-refractivity contribution in [2.75, 3.05) is 7.05 Å². The van der Waals surface area contributed by atoms with Crippen LogP contribution in [0.2, 0.25) is 0 Å². The lowest BCUT2D eigenvalue weighted by atomic mass is 9.86. The van der Waals surface area contributed by atoms with Crippen molar-refractivity contribution in [3.05, 3.63) is 16.1 Å². The van der Waals surface area contributed by atoms with Crippen LogP contribution in [0.3, 0.4) is 0 Å². The molecule has 0 spiro atoms.